The number of anilines is 1. The Kier molecular flexibility index (Phi) is 4.52. The van der Waals surface area contributed by atoms with E-state index in [1.54, 1.807) is 12.1 Å². The number of benzene rings is 2. The van der Waals surface area contributed by atoms with Gasteiger partial charge in [-0.05, 0) is 27.6 Å². The maximum Gasteiger partial charge on any atom is 0.223 e. The van der Waals surface area contributed by atoms with Gasteiger partial charge in [0.05, 0.1) is 21.8 Å². The van der Waals surface area contributed by atoms with Crippen LogP contribution in [0.1, 0.15) is 22.3 Å². The van der Waals surface area contributed by atoms with Gasteiger partial charge in [-0.1, -0.05) is 48.5 Å². The molecule has 6 nitrogen and oxygen atoms in total. The Hall–Kier alpha value is -2.95. The predicted molar refractivity (Wildman–Crippen MR) is 107 cm³/mol. The summed E-state index contributed by atoms with van der Waals surface area (Å²) in [5, 5.41) is 13.3. The van der Waals surface area contributed by atoms with Gasteiger partial charge in [0, 0.05) is 5.56 Å². The lowest BCUT2D eigenvalue weighted by Gasteiger charge is -2.08. The van der Waals surface area contributed by atoms with Gasteiger partial charge in [-0.15, -0.1) is 16.7 Å². The van der Waals surface area contributed by atoms with E-state index in [-0.39, 0.29) is 5.95 Å². The first-order valence-corrected chi connectivity index (χ1v) is 9.23. The van der Waals surface area contributed by atoms with E-state index in [0.29, 0.717) is 32.8 Å². The second-order valence-electron chi connectivity index (χ2n) is 5.77. The molecule has 1 unspecified atom stereocenters. The summed E-state index contributed by atoms with van der Waals surface area (Å²) in [5.41, 5.74) is 9.17. The van der Waals surface area contributed by atoms with E-state index in [2.05, 4.69) is 37.1 Å². The van der Waals surface area contributed by atoms with E-state index >= 15 is 0 Å². The molecule has 0 fully saturated rings. The topological polar surface area (TPSA) is 92.9 Å². The summed E-state index contributed by atoms with van der Waals surface area (Å²) >= 11 is 10.1. The lowest BCUT2D eigenvalue weighted by atomic mass is 10.1. The summed E-state index contributed by atoms with van der Waals surface area (Å²) in [6, 6.07) is 18.9. The van der Waals surface area contributed by atoms with Crippen molar-refractivity contribution in [1.29, 1.82) is 5.26 Å². The van der Waals surface area contributed by atoms with Crippen molar-refractivity contribution in [2.24, 2.45) is 0 Å². The third-order valence-electron chi connectivity index (χ3n) is 4.09. The van der Waals surface area contributed by atoms with Crippen molar-refractivity contribution in [3.05, 3.63) is 76.0 Å². The van der Waals surface area contributed by atoms with Crippen molar-refractivity contribution < 1.29 is 0 Å². The molecule has 132 valence electrons. The minimum absolute atomic E-state index is 0.159. The van der Waals surface area contributed by atoms with E-state index in [1.165, 1.54) is 4.52 Å². The van der Waals surface area contributed by atoms with Gasteiger partial charge < -0.3 is 5.73 Å². The number of nitriles is 1. The number of nitrogens with two attached hydrogens (primary N) is 1. The average molecular weight is 440 g/mol. The third kappa shape index (κ3) is 3.03. The SMILES string of the molecule is N#Cc1ccccc1-c1nc(N)n2nc(C(Cl)c3ccccc3)nc2c1Br. The molecule has 1 atom stereocenters. The molecule has 2 N–H and O–H groups in total. The molecule has 27 heavy (non-hydrogen) atoms. The van der Waals surface area contributed by atoms with Crippen LogP contribution in [0.5, 0.6) is 0 Å². The van der Waals surface area contributed by atoms with Gasteiger partial charge in [-0.2, -0.15) is 9.78 Å². The monoisotopic (exact) mass is 438 g/mol. The van der Waals surface area contributed by atoms with Crippen LogP contribution in [-0.4, -0.2) is 19.6 Å². The Balaban J connectivity index is 1.89. The van der Waals surface area contributed by atoms with E-state index in [9.17, 15) is 5.26 Å². The Bertz CT molecular complexity index is 1180. The Morgan fingerprint density at radius 3 is 2.52 bits per heavy atom. The highest BCUT2D eigenvalue weighted by atomic mass is 79.9. The summed E-state index contributed by atoms with van der Waals surface area (Å²) < 4.78 is 2.03. The first-order chi connectivity index (χ1) is 13.1. The van der Waals surface area contributed by atoms with Crippen LogP contribution in [0.2, 0.25) is 0 Å². The van der Waals surface area contributed by atoms with Crippen LogP contribution in [-0.2, 0) is 0 Å². The van der Waals surface area contributed by atoms with E-state index < -0.39 is 5.38 Å². The molecule has 4 aromatic rings. The number of fused-ring (bicyclic) bond motifs is 1. The highest BCUT2D eigenvalue weighted by Crippen LogP contribution is 2.34. The molecule has 2 heterocycles. The molecule has 0 saturated heterocycles. The summed E-state index contributed by atoms with van der Waals surface area (Å²) in [4.78, 5) is 8.98. The van der Waals surface area contributed by atoms with E-state index in [1.807, 2.05) is 42.5 Å². The zero-order valence-electron chi connectivity index (χ0n) is 13.8. The van der Waals surface area contributed by atoms with Crippen molar-refractivity contribution in [2.45, 2.75) is 5.38 Å². The third-order valence-corrected chi connectivity index (χ3v) is 5.27. The van der Waals surface area contributed by atoms with Gasteiger partial charge in [-0.25, -0.2) is 9.97 Å². The van der Waals surface area contributed by atoms with E-state index in [4.69, 9.17) is 17.3 Å². The second kappa shape index (κ2) is 6.99. The van der Waals surface area contributed by atoms with Gasteiger partial charge in [0.25, 0.3) is 0 Å². The van der Waals surface area contributed by atoms with Crippen molar-refractivity contribution in [3.63, 3.8) is 0 Å². The normalized spacial score (nSPS) is 12.0. The number of nitrogen functional groups attached to an aromatic ring is 1. The first kappa shape index (κ1) is 17.5. The number of halogens is 2. The quantitative estimate of drug-likeness (QED) is 0.479. The first-order valence-electron chi connectivity index (χ1n) is 8.00. The molecule has 0 aliphatic carbocycles. The van der Waals surface area contributed by atoms with Gasteiger partial charge in [0.15, 0.2) is 11.5 Å². The average Bonchev–Trinajstić information content (AvgIpc) is 3.17. The molecule has 8 heteroatoms. The molecule has 2 aromatic heterocycles. The standard InChI is InChI=1S/C19H12BrClN6/c20-14-16(13-9-5-4-8-12(13)10-22)24-19(23)27-18(14)25-17(26-27)15(21)11-6-2-1-3-7-11/h1-9,15H,(H2,23,24). The number of hydrogen-bond donors (Lipinski definition) is 1. The Labute approximate surface area is 168 Å². The largest absolute Gasteiger partial charge is 0.368 e. The summed E-state index contributed by atoms with van der Waals surface area (Å²) in [6.07, 6.45) is 0. The minimum Gasteiger partial charge on any atom is -0.368 e. The molecule has 0 radical (unpaired) electrons. The number of alkyl halides is 1. The van der Waals surface area contributed by atoms with Gasteiger partial charge in [0.2, 0.25) is 5.95 Å². The fraction of sp³-hybridized carbons (Fsp3) is 0.0526. The fourth-order valence-electron chi connectivity index (χ4n) is 2.79. The Morgan fingerprint density at radius 1 is 1.07 bits per heavy atom. The van der Waals surface area contributed by atoms with Crippen molar-refractivity contribution in [2.75, 3.05) is 5.73 Å². The van der Waals surface area contributed by atoms with Crippen LogP contribution >= 0.6 is 27.5 Å². The predicted octanol–water partition coefficient (Wildman–Crippen LogP) is 4.34. The molecule has 0 aliphatic heterocycles. The van der Waals surface area contributed by atoms with Crippen LogP contribution < -0.4 is 5.73 Å². The maximum absolute atomic E-state index is 9.38. The zero-order valence-corrected chi connectivity index (χ0v) is 16.2. The van der Waals surface area contributed by atoms with Crippen molar-refractivity contribution in [3.8, 4) is 17.3 Å². The van der Waals surface area contributed by atoms with Crippen LogP contribution in [0.25, 0.3) is 16.9 Å². The summed E-state index contributed by atoms with van der Waals surface area (Å²) in [6.45, 7) is 0. The Morgan fingerprint density at radius 2 is 1.78 bits per heavy atom. The lowest BCUT2D eigenvalue weighted by Crippen LogP contribution is -2.05. The van der Waals surface area contributed by atoms with Crippen LogP contribution in [0, 0.1) is 11.3 Å². The lowest BCUT2D eigenvalue weighted by molar-refractivity contribution is 0.878. The smallest absolute Gasteiger partial charge is 0.223 e. The molecule has 0 spiro atoms. The molecular weight excluding hydrogens is 428 g/mol. The molecule has 4 rings (SSSR count). The second-order valence-corrected chi connectivity index (χ2v) is 7.00. The molecule has 0 saturated carbocycles. The minimum atomic E-state index is -0.521. The molecule has 0 aliphatic rings. The molecular formula is C19H12BrClN6. The summed E-state index contributed by atoms with van der Waals surface area (Å²) in [5.74, 6) is 0.578. The number of hydrogen-bond acceptors (Lipinski definition) is 5. The number of nitrogens with zero attached hydrogens (tertiary/aromatic N) is 5. The van der Waals surface area contributed by atoms with Crippen LogP contribution in [0.3, 0.4) is 0 Å². The number of aromatic nitrogens is 4. The highest BCUT2D eigenvalue weighted by Gasteiger charge is 2.22. The maximum atomic E-state index is 9.38. The van der Waals surface area contributed by atoms with Crippen molar-refractivity contribution >= 4 is 39.1 Å². The summed E-state index contributed by atoms with van der Waals surface area (Å²) in [7, 11) is 0. The molecule has 0 amide bonds. The number of rotatable bonds is 3. The van der Waals surface area contributed by atoms with Gasteiger partial charge in [0.1, 0.15) is 5.38 Å². The fourth-order valence-corrected chi connectivity index (χ4v) is 3.59. The zero-order chi connectivity index (χ0) is 19.0. The van der Waals surface area contributed by atoms with Gasteiger partial charge >= 0.3 is 0 Å². The van der Waals surface area contributed by atoms with Crippen molar-refractivity contribution in [1.82, 2.24) is 19.6 Å². The van der Waals surface area contributed by atoms with Crippen LogP contribution in [0.4, 0.5) is 5.95 Å². The highest BCUT2D eigenvalue weighted by molar-refractivity contribution is 9.10. The van der Waals surface area contributed by atoms with Crippen LogP contribution in [0.15, 0.2) is 59.1 Å². The van der Waals surface area contributed by atoms with Gasteiger partial charge in [-0.3, -0.25) is 0 Å². The molecule has 0 bridgehead atoms. The van der Waals surface area contributed by atoms with E-state index in [0.717, 1.165) is 5.56 Å². The molecule has 2 aromatic carbocycles.